The molecule has 0 aliphatic carbocycles. The first-order valence-electron chi connectivity index (χ1n) is 9.07. The van der Waals surface area contributed by atoms with Gasteiger partial charge in [-0.15, -0.1) is 0 Å². The summed E-state index contributed by atoms with van der Waals surface area (Å²) >= 11 is 0. The van der Waals surface area contributed by atoms with E-state index in [1.165, 1.54) is 0 Å². The van der Waals surface area contributed by atoms with E-state index in [2.05, 4.69) is 6.92 Å². The lowest BCUT2D eigenvalue weighted by Gasteiger charge is -2.06. The largest absolute Gasteiger partial charge is 0.481 e. The summed E-state index contributed by atoms with van der Waals surface area (Å²) in [5.41, 5.74) is 0. The molecule has 174 valence electrons. The molecule has 11 heteroatoms. The van der Waals surface area contributed by atoms with Crippen molar-refractivity contribution in [3.63, 3.8) is 0 Å². The molecule has 0 saturated heterocycles. The summed E-state index contributed by atoms with van der Waals surface area (Å²) in [4.78, 5) is 10.4. The molecule has 28 heavy (non-hydrogen) atoms. The van der Waals surface area contributed by atoms with Gasteiger partial charge in [0.2, 0.25) is 0 Å². The molecule has 0 aromatic heterocycles. The van der Waals surface area contributed by atoms with Gasteiger partial charge >= 0.3 is 5.97 Å². The first-order valence-corrected chi connectivity index (χ1v) is 9.07. The second kappa shape index (κ2) is 28.3. The summed E-state index contributed by atoms with van der Waals surface area (Å²) in [6.07, 6.45) is 0.853. The number of hydrogen-bond donors (Lipinski definition) is 10. The Hall–Kier alpha value is -0.890. The SMILES string of the molecule is CCCCC(CC)C(=O)O.OCC(O)CO.OCC(O)CO.OCC(O)CO. The fourth-order valence-electron chi connectivity index (χ4n) is 1.13. The molecule has 0 radical (unpaired) electrons. The second-order valence-electron chi connectivity index (χ2n) is 5.64. The van der Waals surface area contributed by atoms with E-state index in [1.54, 1.807) is 0 Å². The molecule has 0 saturated carbocycles. The first kappa shape index (κ1) is 34.6. The van der Waals surface area contributed by atoms with Crippen LogP contribution in [0, 0.1) is 5.92 Å². The van der Waals surface area contributed by atoms with Crippen LogP contribution < -0.4 is 0 Å². The predicted octanol–water partition coefficient (Wildman–Crippen LogP) is -2.72. The average molecular weight is 420 g/mol. The van der Waals surface area contributed by atoms with E-state index < -0.39 is 24.3 Å². The third-order valence-electron chi connectivity index (χ3n) is 3.01. The van der Waals surface area contributed by atoms with Gasteiger partial charge in [0.05, 0.1) is 45.6 Å². The van der Waals surface area contributed by atoms with Gasteiger partial charge < -0.3 is 51.1 Å². The third kappa shape index (κ3) is 32.8. The molecule has 0 fully saturated rings. The molecular weight excluding hydrogens is 380 g/mol. The van der Waals surface area contributed by atoms with E-state index in [9.17, 15) is 4.79 Å². The van der Waals surface area contributed by atoms with Crippen molar-refractivity contribution in [3.05, 3.63) is 0 Å². The van der Waals surface area contributed by atoms with Gasteiger partial charge in [-0.3, -0.25) is 4.79 Å². The Morgan fingerprint density at radius 2 is 0.964 bits per heavy atom. The highest BCUT2D eigenvalue weighted by molar-refractivity contribution is 5.69. The molecule has 0 bridgehead atoms. The minimum atomic E-state index is -0.954. The Morgan fingerprint density at radius 1 is 0.679 bits per heavy atom. The van der Waals surface area contributed by atoms with E-state index in [0.717, 1.165) is 25.7 Å². The van der Waals surface area contributed by atoms with E-state index in [-0.39, 0.29) is 45.6 Å². The van der Waals surface area contributed by atoms with Gasteiger partial charge in [0.25, 0.3) is 0 Å². The lowest BCUT2D eigenvalue weighted by Crippen LogP contribution is -2.15. The molecule has 10 N–H and O–H groups in total. The van der Waals surface area contributed by atoms with E-state index in [4.69, 9.17) is 51.1 Å². The normalized spacial score (nSPS) is 11.1. The topological polar surface area (TPSA) is 219 Å². The van der Waals surface area contributed by atoms with E-state index in [0.29, 0.717) is 0 Å². The summed E-state index contributed by atoms with van der Waals surface area (Å²) in [5, 5.41) is 80.6. The molecule has 0 aliphatic rings. The smallest absolute Gasteiger partial charge is 0.306 e. The van der Waals surface area contributed by atoms with Crippen LogP contribution in [-0.4, -0.2) is 115 Å². The second-order valence-corrected chi connectivity index (χ2v) is 5.64. The minimum Gasteiger partial charge on any atom is -0.481 e. The standard InChI is InChI=1S/C8H16O2.3C3H8O3/c1-3-5-6-7(4-2)8(9)10;3*4-1-3(6)2-5/h7H,3-6H2,1-2H3,(H,9,10);3*3-6H,1-2H2. The van der Waals surface area contributed by atoms with Crippen LogP contribution in [0.15, 0.2) is 0 Å². The Labute approximate surface area is 166 Å². The van der Waals surface area contributed by atoms with Crippen LogP contribution in [0.4, 0.5) is 0 Å². The number of carbonyl (C=O) groups is 1. The molecule has 0 amide bonds. The van der Waals surface area contributed by atoms with Crippen LogP contribution >= 0.6 is 0 Å². The number of carboxylic acid groups (broad SMARTS) is 1. The molecule has 1 unspecified atom stereocenters. The maximum Gasteiger partial charge on any atom is 0.306 e. The highest BCUT2D eigenvalue weighted by Gasteiger charge is 2.12. The minimum absolute atomic E-state index is 0.111. The molecule has 0 spiro atoms. The fourth-order valence-corrected chi connectivity index (χ4v) is 1.13. The van der Waals surface area contributed by atoms with Crippen LogP contribution in [0.25, 0.3) is 0 Å². The Morgan fingerprint density at radius 3 is 1.07 bits per heavy atom. The summed E-state index contributed by atoms with van der Waals surface area (Å²) in [6, 6.07) is 0. The third-order valence-corrected chi connectivity index (χ3v) is 3.01. The maximum atomic E-state index is 10.4. The van der Waals surface area contributed by atoms with Crippen LogP contribution in [0.2, 0.25) is 0 Å². The molecule has 0 heterocycles. The van der Waals surface area contributed by atoms with Gasteiger partial charge in [0.15, 0.2) is 0 Å². The highest BCUT2D eigenvalue weighted by Crippen LogP contribution is 2.11. The summed E-state index contributed by atoms with van der Waals surface area (Å²) in [7, 11) is 0. The van der Waals surface area contributed by atoms with Crippen LogP contribution in [-0.2, 0) is 4.79 Å². The monoisotopic (exact) mass is 420 g/mol. The lowest BCUT2D eigenvalue weighted by atomic mass is 10.00. The highest BCUT2D eigenvalue weighted by atomic mass is 16.4. The van der Waals surface area contributed by atoms with Crippen molar-refractivity contribution >= 4 is 5.97 Å². The Bertz CT molecular complexity index is 257. The number of aliphatic hydroxyl groups is 9. The van der Waals surface area contributed by atoms with E-state index in [1.807, 2.05) is 6.92 Å². The number of hydrogen-bond acceptors (Lipinski definition) is 10. The molecule has 0 rings (SSSR count). The van der Waals surface area contributed by atoms with Gasteiger partial charge in [-0.05, 0) is 12.8 Å². The van der Waals surface area contributed by atoms with Crippen LogP contribution in [0.3, 0.4) is 0 Å². The summed E-state index contributed by atoms with van der Waals surface area (Å²) in [6.45, 7) is 1.82. The van der Waals surface area contributed by atoms with Gasteiger partial charge in [-0.1, -0.05) is 26.7 Å². The number of unbranched alkanes of at least 4 members (excludes halogenated alkanes) is 1. The van der Waals surface area contributed by atoms with Gasteiger partial charge in [-0.25, -0.2) is 0 Å². The van der Waals surface area contributed by atoms with Crippen LogP contribution in [0.1, 0.15) is 39.5 Å². The number of carboxylic acids is 1. The van der Waals surface area contributed by atoms with Gasteiger partial charge in [0.1, 0.15) is 18.3 Å². The Balaban J connectivity index is -0.000000142. The molecule has 0 aromatic carbocycles. The van der Waals surface area contributed by atoms with Crippen LogP contribution in [0.5, 0.6) is 0 Å². The first-order chi connectivity index (χ1) is 13.1. The van der Waals surface area contributed by atoms with Crippen molar-refractivity contribution in [1.29, 1.82) is 0 Å². The average Bonchev–Trinajstić information content (AvgIpc) is 2.73. The van der Waals surface area contributed by atoms with Crippen molar-refractivity contribution in [1.82, 2.24) is 0 Å². The maximum absolute atomic E-state index is 10.4. The zero-order valence-electron chi connectivity index (χ0n) is 16.8. The van der Waals surface area contributed by atoms with Gasteiger partial charge in [0, 0.05) is 0 Å². The molecular formula is C17H40O11. The number of aliphatic carboxylic acids is 1. The summed E-state index contributed by atoms with van der Waals surface area (Å²) < 4.78 is 0. The van der Waals surface area contributed by atoms with Gasteiger partial charge in [-0.2, -0.15) is 0 Å². The lowest BCUT2D eigenvalue weighted by molar-refractivity contribution is -0.142. The summed E-state index contributed by atoms with van der Waals surface area (Å²) in [5.74, 6) is -0.754. The van der Waals surface area contributed by atoms with Crippen molar-refractivity contribution in [2.45, 2.75) is 57.8 Å². The Kier molecular flexibility index (Phi) is 35.0. The zero-order chi connectivity index (χ0) is 23.0. The van der Waals surface area contributed by atoms with Crippen molar-refractivity contribution in [2.75, 3.05) is 39.6 Å². The molecule has 1 atom stereocenters. The number of rotatable bonds is 11. The zero-order valence-corrected chi connectivity index (χ0v) is 16.8. The van der Waals surface area contributed by atoms with E-state index >= 15 is 0 Å². The predicted molar refractivity (Wildman–Crippen MR) is 101 cm³/mol. The van der Waals surface area contributed by atoms with Crippen molar-refractivity contribution < 1.29 is 55.9 Å². The van der Waals surface area contributed by atoms with Crippen molar-refractivity contribution in [2.24, 2.45) is 5.92 Å². The molecule has 0 aromatic rings. The molecule has 11 nitrogen and oxygen atoms in total. The quantitative estimate of drug-likeness (QED) is 0.165. The molecule has 0 aliphatic heterocycles. The number of aliphatic hydroxyl groups excluding tert-OH is 9. The fraction of sp³-hybridized carbons (Fsp3) is 0.941. The van der Waals surface area contributed by atoms with Crippen molar-refractivity contribution in [3.8, 4) is 0 Å².